The Morgan fingerprint density at radius 1 is 1.47 bits per heavy atom. The number of carbonyl (C=O) groups excluding carboxylic acids is 1. The van der Waals surface area contributed by atoms with Gasteiger partial charge in [0.15, 0.2) is 6.10 Å². The summed E-state index contributed by atoms with van der Waals surface area (Å²) in [5.74, 6) is -0.578. The van der Waals surface area contributed by atoms with Crippen molar-refractivity contribution in [1.82, 2.24) is 0 Å². The highest BCUT2D eigenvalue weighted by Gasteiger charge is 2.17. The molecule has 3 nitrogen and oxygen atoms in total. The molecule has 1 unspecified atom stereocenters. The van der Waals surface area contributed by atoms with Crippen LogP contribution in [0.5, 0.6) is 0 Å². The zero-order valence-corrected chi connectivity index (χ0v) is 9.58. The number of aliphatic hydroxyl groups excluding tert-OH is 1. The smallest absolute Gasteiger partial charge is 0.335 e. The maximum absolute atomic E-state index is 11.2. The van der Waals surface area contributed by atoms with Crippen LogP contribution in [0.2, 0.25) is 0 Å². The highest BCUT2D eigenvalue weighted by molar-refractivity contribution is 5.74. The Kier molecular flexibility index (Phi) is 6.71. The highest BCUT2D eigenvalue weighted by Crippen LogP contribution is 2.12. The molecule has 0 amide bonds. The van der Waals surface area contributed by atoms with Crippen molar-refractivity contribution in [3.8, 4) is 0 Å². The number of rotatable bonds is 7. The summed E-state index contributed by atoms with van der Waals surface area (Å²) in [6, 6.07) is 0. The Bertz CT molecular complexity index is 243. The van der Waals surface area contributed by atoms with E-state index in [9.17, 15) is 9.90 Å². The number of hydrogen-bond donors (Lipinski definition) is 1. The van der Waals surface area contributed by atoms with Gasteiger partial charge in [0.1, 0.15) is 0 Å². The molecule has 0 aliphatic heterocycles. The number of carbonyl (C=O) groups is 1. The Hall–Kier alpha value is -1.09. The number of allylic oxidation sites excluding steroid dienone is 1. The molecule has 1 N–H and O–H groups in total. The Morgan fingerprint density at radius 3 is 2.53 bits per heavy atom. The van der Waals surface area contributed by atoms with E-state index >= 15 is 0 Å². The van der Waals surface area contributed by atoms with E-state index in [0.29, 0.717) is 12.2 Å². The molecule has 0 bridgehead atoms. The lowest BCUT2D eigenvalue weighted by Gasteiger charge is -2.11. The zero-order chi connectivity index (χ0) is 11.8. The maximum Gasteiger partial charge on any atom is 0.335 e. The van der Waals surface area contributed by atoms with Crippen molar-refractivity contribution in [2.24, 2.45) is 0 Å². The summed E-state index contributed by atoms with van der Waals surface area (Å²) in [7, 11) is 0. The summed E-state index contributed by atoms with van der Waals surface area (Å²) in [4.78, 5) is 11.2. The van der Waals surface area contributed by atoms with E-state index in [1.54, 1.807) is 6.92 Å². The number of ether oxygens (including phenoxy) is 1. The van der Waals surface area contributed by atoms with E-state index in [1.807, 2.05) is 6.92 Å². The predicted octanol–water partition coefficient (Wildman–Crippen LogP) is 2.21. The van der Waals surface area contributed by atoms with Crippen molar-refractivity contribution in [2.45, 2.75) is 39.2 Å². The van der Waals surface area contributed by atoms with Crippen LogP contribution >= 0.6 is 0 Å². The molecule has 0 aliphatic rings. The topological polar surface area (TPSA) is 46.5 Å². The van der Waals surface area contributed by atoms with Gasteiger partial charge in [0.2, 0.25) is 0 Å². The van der Waals surface area contributed by atoms with Crippen LogP contribution in [0.3, 0.4) is 0 Å². The lowest BCUT2D eigenvalue weighted by molar-refractivity contribution is -0.153. The normalized spacial score (nSPS) is 11.9. The van der Waals surface area contributed by atoms with Crippen molar-refractivity contribution in [3.63, 3.8) is 0 Å². The number of esters is 1. The minimum Gasteiger partial charge on any atom is -0.464 e. The van der Waals surface area contributed by atoms with Gasteiger partial charge >= 0.3 is 5.97 Å². The molecule has 0 saturated heterocycles. The molecule has 0 aromatic carbocycles. The fourth-order valence-corrected chi connectivity index (χ4v) is 0.904. The molecule has 0 fully saturated rings. The van der Waals surface area contributed by atoms with E-state index in [-0.39, 0.29) is 6.42 Å². The van der Waals surface area contributed by atoms with Gasteiger partial charge in [0, 0.05) is 6.42 Å². The lowest BCUT2D eigenvalue weighted by Crippen LogP contribution is -2.24. The van der Waals surface area contributed by atoms with Crippen LogP contribution in [0.1, 0.15) is 33.1 Å². The van der Waals surface area contributed by atoms with Crippen LogP contribution < -0.4 is 0 Å². The number of aliphatic hydroxyl groups is 1. The van der Waals surface area contributed by atoms with Gasteiger partial charge in [0.25, 0.3) is 0 Å². The van der Waals surface area contributed by atoms with E-state index in [2.05, 4.69) is 13.2 Å². The molecule has 0 rings (SSSR count). The third-order valence-electron chi connectivity index (χ3n) is 2.06. The fourth-order valence-electron chi connectivity index (χ4n) is 0.904. The predicted molar refractivity (Wildman–Crippen MR) is 60.4 cm³/mol. The number of unbranched alkanes of at least 4 members (excludes halogenated alkanes) is 1. The molecule has 0 radical (unpaired) electrons. The van der Waals surface area contributed by atoms with Gasteiger partial charge in [0.05, 0.1) is 6.61 Å². The second-order valence-electron chi connectivity index (χ2n) is 3.62. The molecule has 0 aromatic rings. The third-order valence-corrected chi connectivity index (χ3v) is 2.06. The molecule has 86 valence electrons. The minimum absolute atomic E-state index is 0.195. The van der Waals surface area contributed by atoms with Gasteiger partial charge in [-0.15, -0.1) is 0 Å². The van der Waals surface area contributed by atoms with Gasteiger partial charge in [-0.2, -0.15) is 0 Å². The first-order valence-electron chi connectivity index (χ1n) is 5.17. The summed E-state index contributed by atoms with van der Waals surface area (Å²) >= 11 is 0. The van der Waals surface area contributed by atoms with Crippen LogP contribution in [0, 0.1) is 0 Å². The average molecular weight is 212 g/mol. The summed E-state index contributed by atoms with van der Waals surface area (Å²) in [6.07, 6.45) is 0.855. The van der Waals surface area contributed by atoms with E-state index in [0.717, 1.165) is 18.4 Å². The molecule has 15 heavy (non-hydrogen) atoms. The second-order valence-corrected chi connectivity index (χ2v) is 3.62. The third kappa shape index (κ3) is 6.07. The molecule has 0 heterocycles. The first kappa shape index (κ1) is 13.9. The Morgan fingerprint density at radius 2 is 2.07 bits per heavy atom. The first-order chi connectivity index (χ1) is 6.99. The van der Waals surface area contributed by atoms with Crippen molar-refractivity contribution in [3.05, 3.63) is 24.3 Å². The highest BCUT2D eigenvalue weighted by atomic mass is 16.5. The second kappa shape index (κ2) is 7.23. The van der Waals surface area contributed by atoms with Gasteiger partial charge in [-0.05, 0) is 18.9 Å². The monoisotopic (exact) mass is 212 g/mol. The van der Waals surface area contributed by atoms with Gasteiger partial charge in [-0.1, -0.05) is 32.1 Å². The van der Waals surface area contributed by atoms with Crippen molar-refractivity contribution < 1.29 is 14.6 Å². The molecule has 0 spiro atoms. The van der Waals surface area contributed by atoms with Gasteiger partial charge in [-0.3, -0.25) is 0 Å². The minimum atomic E-state index is -1.12. The Labute approximate surface area is 91.4 Å². The van der Waals surface area contributed by atoms with Crippen LogP contribution in [0.4, 0.5) is 0 Å². The average Bonchev–Trinajstić information content (AvgIpc) is 2.17. The van der Waals surface area contributed by atoms with Crippen molar-refractivity contribution in [1.29, 1.82) is 0 Å². The van der Waals surface area contributed by atoms with Crippen LogP contribution in [-0.2, 0) is 9.53 Å². The van der Waals surface area contributed by atoms with E-state index in [4.69, 9.17) is 4.74 Å². The molecule has 0 aliphatic carbocycles. The van der Waals surface area contributed by atoms with E-state index < -0.39 is 12.1 Å². The van der Waals surface area contributed by atoms with Crippen LogP contribution in [0.15, 0.2) is 24.3 Å². The standard InChI is InChI=1S/C12H20O3/c1-5-6-7-15-12(14)11(13)8-10(4)9(2)3/h11,13H,2,4-8H2,1,3H3. The van der Waals surface area contributed by atoms with Crippen LogP contribution in [-0.4, -0.2) is 23.8 Å². The molecule has 1 atom stereocenters. The maximum atomic E-state index is 11.2. The van der Waals surface area contributed by atoms with Crippen molar-refractivity contribution in [2.75, 3.05) is 6.61 Å². The molecule has 0 saturated carbocycles. The number of hydrogen-bond acceptors (Lipinski definition) is 3. The lowest BCUT2D eigenvalue weighted by atomic mass is 10.0. The summed E-state index contributed by atoms with van der Waals surface area (Å²) < 4.78 is 4.87. The summed E-state index contributed by atoms with van der Waals surface area (Å²) in [5, 5.41) is 9.46. The molecule has 3 heteroatoms. The summed E-state index contributed by atoms with van der Waals surface area (Å²) in [6.45, 7) is 11.5. The largest absolute Gasteiger partial charge is 0.464 e. The first-order valence-corrected chi connectivity index (χ1v) is 5.17. The van der Waals surface area contributed by atoms with Crippen molar-refractivity contribution >= 4 is 5.97 Å². The van der Waals surface area contributed by atoms with Gasteiger partial charge < -0.3 is 9.84 Å². The van der Waals surface area contributed by atoms with Crippen LogP contribution in [0.25, 0.3) is 0 Å². The molecular weight excluding hydrogens is 192 g/mol. The quantitative estimate of drug-likeness (QED) is 0.400. The summed E-state index contributed by atoms with van der Waals surface area (Å²) in [5.41, 5.74) is 1.45. The molecule has 0 aromatic heterocycles. The fraction of sp³-hybridized carbons (Fsp3) is 0.583. The Balaban J connectivity index is 3.88. The SMILES string of the molecule is C=C(C)C(=C)CC(O)C(=O)OCCCC. The van der Waals surface area contributed by atoms with E-state index in [1.165, 1.54) is 0 Å². The van der Waals surface area contributed by atoms with Gasteiger partial charge in [-0.25, -0.2) is 4.79 Å². The molecular formula is C12H20O3. The zero-order valence-electron chi connectivity index (χ0n) is 9.58.